The van der Waals surface area contributed by atoms with Crippen molar-refractivity contribution in [1.29, 1.82) is 0 Å². The van der Waals surface area contributed by atoms with Gasteiger partial charge in [-0.1, -0.05) is 25.2 Å². The molecule has 0 aliphatic rings. The Morgan fingerprint density at radius 1 is 0.964 bits per heavy atom. The fourth-order valence-corrected chi connectivity index (χ4v) is 3.22. The van der Waals surface area contributed by atoms with Gasteiger partial charge in [-0.05, 0) is 18.2 Å². The minimum atomic E-state index is 0.436. The van der Waals surface area contributed by atoms with E-state index in [2.05, 4.69) is 30.2 Å². The maximum absolute atomic E-state index is 5.31. The van der Waals surface area contributed by atoms with Crippen molar-refractivity contribution in [3.05, 3.63) is 43.0 Å². The maximum atomic E-state index is 5.31. The van der Waals surface area contributed by atoms with E-state index in [4.69, 9.17) is 9.47 Å². The van der Waals surface area contributed by atoms with Crippen LogP contribution < -0.4 is 14.8 Å². The van der Waals surface area contributed by atoms with E-state index in [0.717, 1.165) is 21.6 Å². The number of hydrogen-bond acceptors (Lipinski definition) is 9. The van der Waals surface area contributed by atoms with Gasteiger partial charge in [-0.2, -0.15) is 0 Å². The van der Waals surface area contributed by atoms with Gasteiger partial charge >= 0.3 is 0 Å². The van der Waals surface area contributed by atoms with Crippen molar-refractivity contribution in [1.82, 2.24) is 24.9 Å². The summed E-state index contributed by atoms with van der Waals surface area (Å²) in [5, 5.41) is 3.84. The molecule has 0 bridgehead atoms. The van der Waals surface area contributed by atoms with Crippen LogP contribution >= 0.6 is 11.3 Å². The summed E-state index contributed by atoms with van der Waals surface area (Å²) in [6.07, 6.45) is 6.58. The van der Waals surface area contributed by atoms with Crippen molar-refractivity contribution in [3.8, 4) is 22.9 Å². The van der Waals surface area contributed by atoms with Crippen LogP contribution in [0.3, 0.4) is 0 Å². The third-order valence-corrected chi connectivity index (χ3v) is 4.46. The average Bonchev–Trinajstić information content (AvgIpc) is 3.16. The summed E-state index contributed by atoms with van der Waals surface area (Å²) in [6.45, 7) is 4.00. The quantitative estimate of drug-likeness (QED) is 0.533. The summed E-state index contributed by atoms with van der Waals surface area (Å²) >= 11 is 1.44. The van der Waals surface area contributed by atoms with E-state index in [-0.39, 0.29) is 0 Å². The Balaban J connectivity index is 0.00000109. The molecule has 0 amide bonds. The van der Waals surface area contributed by atoms with Gasteiger partial charge in [-0.25, -0.2) is 19.9 Å². The van der Waals surface area contributed by atoms with Crippen LogP contribution in [0.2, 0.25) is 0 Å². The number of aromatic nitrogens is 5. The van der Waals surface area contributed by atoms with Crippen molar-refractivity contribution in [2.45, 2.75) is 13.8 Å². The topological polar surface area (TPSA) is 94.9 Å². The summed E-state index contributed by atoms with van der Waals surface area (Å²) in [5.41, 5.74) is 2.42. The minimum absolute atomic E-state index is 0.436. The van der Waals surface area contributed by atoms with Gasteiger partial charge in [0.1, 0.15) is 10.3 Å². The number of ether oxygens (including phenoxy) is 2. The second kappa shape index (κ2) is 9.05. The van der Waals surface area contributed by atoms with Gasteiger partial charge in [-0.15, -0.1) is 0 Å². The molecule has 0 unspecified atom stereocenters. The molecule has 8 nitrogen and oxygen atoms in total. The number of pyridine rings is 2. The highest BCUT2D eigenvalue weighted by Gasteiger charge is 2.11. The Labute approximate surface area is 166 Å². The Hall–Kier alpha value is -3.33. The Kier molecular flexibility index (Phi) is 6.28. The number of methoxy groups -OCH3 is 2. The first-order valence-electron chi connectivity index (χ1n) is 8.66. The molecule has 0 aromatic carbocycles. The molecule has 1 N–H and O–H groups in total. The van der Waals surface area contributed by atoms with Crippen molar-refractivity contribution in [2.24, 2.45) is 0 Å². The van der Waals surface area contributed by atoms with Crippen molar-refractivity contribution in [2.75, 3.05) is 19.5 Å². The monoisotopic (exact) mass is 396 g/mol. The van der Waals surface area contributed by atoms with Crippen LogP contribution in [0, 0.1) is 0 Å². The first kappa shape index (κ1) is 19.4. The molecule has 28 heavy (non-hydrogen) atoms. The standard InChI is InChI=1S/C17H14N6O2S.C2H6/c1-24-13-7-10(8-20-15(13)25-2)11-3-4-12-16(21-11)26-17(22-12)23-14-9-18-5-6-19-14;1-2/h3-9H,1-2H3,(H,19,22,23);1-2H3. The first-order valence-corrected chi connectivity index (χ1v) is 9.47. The highest BCUT2D eigenvalue weighted by atomic mass is 32.1. The van der Waals surface area contributed by atoms with Crippen LogP contribution in [-0.2, 0) is 0 Å². The van der Waals surface area contributed by atoms with Gasteiger partial charge in [0, 0.05) is 24.2 Å². The van der Waals surface area contributed by atoms with Gasteiger partial charge < -0.3 is 14.8 Å². The zero-order valence-corrected chi connectivity index (χ0v) is 16.8. The maximum Gasteiger partial charge on any atom is 0.256 e. The van der Waals surface area contributed by atoms with Crippen molar-refractivity contribution in [3.63, 3.8) is 0 Å². The van der Waals surface area contributed by atoms with E-state index in [0.29, 0.717) is 22.6 Å². The third kappa shape index (κ3) is 4.15. The van der Waals surface area contributed by atoms with Gasteiger partial charge in [0.2, 0.25) is 0 Å². The molecule has 4 aromatic heterocycles. The van der Waals surface area contributed by atoms with Crippen LogP contribution in [0.1, 0.15) is 13.8 Å². The summed E-state index contributed by atoms with van der Waals surface area (Å²) in [4.78, 5) is 22.5. The van der Waals surface area contributed by atoms with Gasteiger partial charge in [0.15, 0.2) is 16.7 Å². The lowest BCUT2D eigenvalue weighted by Gasteiger charge is -2.08. The molecule has 4 heterocycles. The van der Waals surface area contributed by atoms with Crippen molar-refractivity contribution < 1.29 is 9.47 Å². The highest BCUT2D eigenvalue weighted by Crippen LogP contribution is 2.32. The molecule has 0 spiro atoms. The SMILES string of the molecule is CC.COc1cc(-c2ccc3nc(Nc4cnccn4)sc3n2)cnc1OC. The number of nitrogens with one attached hydrogen (secondary N) is 1. The predicted octanol–water partition coefficient (Wildman–Crippen LogP) is 4.33. The zero-order valence-electron chi connectivity index (χ0n) is 16.0. The average molecular weight is 396 g/mol. The number of rotatable bonds is 5. The molecule has 0 saturated carbocycles. The molecule has 144 valence electrons. The third-order valence-electron chi connectivity index (χ3n) is 3.58. The van der Waals surface area contributed by atoms with E-state index >= 15 is 0 Å². The lowest BCUT2D eigenvalue weighted by atomic mass is 10.2. The fourth-order valence-electron chi connectivity index (χ4n) is 2.38. The van der Waals surface area contributed by atoms with Crippen LogP contribution in [0.15, 0.2) is 43.0 Å². The van der Waals surface area contributed by atoms with Crippen LogP contribution in [0.4, 0.5) is 10.9 Å². The van der Waals surface area contributed by atoms with E-state index in [1.54, 1.807) is 39.0 Å². The number of nitrogens with zero attached hydrogens (tertiary/aromatic N) is 5. The van der Waals surface area contributed by atoms with Crippen LogP contribution in [0.25, 0.3) is 21.6 Å². The molecular formula is C19H20N6O2S. The van der Waals surface area contributed by atoms with Crippen LogP contribution in [-0.4, -0.2) is 39.1 Å². The smallest absolute Gasteiger partial charge is 0.256 e. The van der Waals surface area contributed by atoms with E-state index in [9.17, 15) is 0 Å². The van der Waals surface area contributed by atoms with Crippen LogP contribution in [0.5, 0.6) is 11.6 Å². The molecule has 0 radical (unpaired) electrons. The molecule has 0 aliphatic heterocycles. The molecule has 0 saturated heterocycles. The summed E-state index contributed by atoms with van der Waals surface area (Å²) in [5.74, 6) is 1.63. The lowest BCUT2D eigenvalue weighted by Crippen LogP contribution is -1.94. The second-order valence-corrected chi connectivity index (χ2v) is 6.17. The van der Waals surface area contributed by atoms with E-state index < -0.39 is 0 Å². The Morgan fingerprint density at radius 3 is 2.54 bits per heavy atom. The van der Waals surface area contributed by atoms with Gasteiger partial charge in [0.05, 0.1) is 26.1 Å². The summed E-state index contributed by atoms with van der Waals surface area (Å²) in [7, 11) is 3.13. The Bertz CT molecular complexity index is 1050. The van der Waals surface area contributed by atoms with Crippen molar-refractivity contribution >= 4 is 32.6 Å². The minimum Gasteiger partial charge on any atom is -0.491 e. The number of thiazole rings is 1. The molecule has 0 atom stereocenters. The zero-order chi connectivity index (χ0) is 19.9. The predicted molar refractivity (Wildman–Crippen MR) is 110 cm³/mol. The van der Waals surface area contributed by atoms with E-state index in [1.807, 2.05) is 32.0 Å². The van der Waals surface area contributed by atoms with Gasteiger partial charge in [0.25, 0.3) is 5.88 Å². The molecule has 4 aromatic rings. The molecule has 9 heteroatoms. The number of hydrogen-bond donors (Lipinski definition) is 1. The summed E-state index contributed by atoms with van der Waals surface area (Å²) < 4.78 is 10.5. The molecular weight excluding hydrogens is 376 g/mol. The molecule has 4 rings (SSSR count). The van der Waals surface area contributed by atoms with Gasteiger partial charge in [-0.3, -0.25) is 4.98 Å². The normalized spacial score (nSPS) is 10.1. The second-order valence-electron chi connectivity index (χ2n) is 5.19. The molecule has 0 aliphatic carbocycles. The lowest BCUT2D eigenvalue weighted by molar-refractivity contribution is 0.343. The molecule has 0 fully saturated rings. The number of fused-ring (bicyclic) bond motifs is 1. The Morgan fingerprint density at radius 2 is 1.82 bits per heavy atom. The fraction of sp³-hybridized carbons (Fsp3) is 0.211. The summed E-state index contributed by atoms with van der Waals surface area (Å²) in [6, 6.07) is 5.67. The highest BCUT2D eigenvalue weighted by molar-refractivity contribution is 7.21. The number of anilines is 2. The van der Waals surface area contributed by atoms with E-state index in [1.165, 1.54) is 11.3 Å². The first-order chi connectivity index (χ1) is 13.8. The largest absolute Gasteiger partial charge is 0.491 e.